The van der Waals surface area contributed by atoms with Gasteiger partial charge in [0.05, 0.1) is 0 Å². The van der Waals surface area contributed by atoms with Gasteiger partial charge in [-0.3, -0.25) is 0 Å². The summed E-state index contributed by atoms with van der Waals surface area (Å²) in [6.07, 6.45) is 0. The zero-order valence-corrected chi connectivity index (χ0v) is 5.20. The van der Waals surface area contributed by atoms with Crippen molar-refractivity contribution >= 4 is 12.4 Å². The van der Waals surface area contributed by atoms with Crippen LogP contribution >= 0.6 is 12.4 Å². The number of nitrogens with two attached hydrogens (primary N) is 2. The highest BCUT2D eigenvalue weighted by Gasteiger charge is 1.81. The van der Waals surface area contributed by atoms with Crippen molar-refractivity contribution in [3.63, 3.8) is 0 Å². The van der Waals surface area contributed by atoms with Crippen molar-refractivity contribution in [2.75, 3.05) is 0 Å². The highest BCUT2D eigenvalue weighted by Crippen LogP contribution is 1.85. The summed E-state index contributed by atoms with van der Waals surface area (Å²) in [6.45, 7) is 6.42. The molecule has 0 amide bonds. The van der Waals surface area contributed by atoms with Crippen LogP contribution in [0.4, 0.5) is 0 Å². The van der Waals surface area contributed by atoms with Gasteiger partial charge in [-0.1, -0.05) is 0 Å². The van der Waals surface area contributed by atoms with E-state index < -0.39 is 0 Å². The molecule has 0 spiro atoms. The third kappa shape index (κ3) is 8.95. The van der Waals surface area contributed by atoms with E-state index in [1.54, 1.807) is 0 Å². The van der Waals surface area contributed by atoms with E-state index in [1.165, 1.54) is 0 Å². The maximum Gasteiger partial charge on any atom is 0.185 e. The lowest BCUT2D eigenvalue weighted by molar-refractivity contribution is 0.301. The molecular weight excluding hydrogens is 128 g/mol. The molecule has 0 aliphatic heterocycles. The van der Waals surface area contributed by atoms with Gasteiger partial charge in [0.2, 0.25) is 0 Å². The Bertz CT molecular complexity index is 90.2. The first-order valence-electron chi connectivity index (χ1n) is 1.69. The summed E-state index contributed by atoms with van der Waals surface area (Å²) in [7, 11) is 0. The molecule has 4 heteroatoms. The van der Waals surface area contributed by atoms with Crippen molar-refractivity contribution in [2.24, 2.45) is 11.5 Å². The second-order valence-corrected chi connectivity index (χ2v) is 1.03. The van der Waals surface area contributed by atoms with Crippen molar-refractivity contribution in [1.82, 2.24) is 0 Å². The molecule has 3 nitrogen and oxygen atoms in total. The fraction of sp³-hybridized carbons (Fsp3) is 0. The SMILES string of the molecule is C=C(N)OC(=C)N.Cl. The van der Waals surface area contributed by atoms with Crippen LogP contribution in [0, 0.1) is 0 Å². The summed E-state index contributed by atoms with van der Waals surface area (Å²) < 4.78 is 4.42. The van der Waals surface area contributed by atoms with Gasteiger partial charge in [0.1, 0.15) is 0 Å². The Balaban J connectivity index is 0. The van der Waals surface area contributed by atoms with Gasteiger partial charge in [0, 0.05) is 0 Å². The summed E-state index contributed by atoms with van der Waals surface area (Å²) in [5.41, 5.74) is 9.87. The van der Waals surface area contributed by atoms with E-state index in [4.69, 9.17) is 11.5 Å². The zero-order chi connectivity index (χ0) is 5.86. The molecule has 0 heterocycles. The fourth-order valence-electron chi connectivity index (χ4n) is 0.168. The van der Waals surface area contributed by atoms with Gasteiger partial charge in [-0.05, 0) is 13.2 Å². The summed E-state index contributed by atoms with van der Waals surface area (Å²) in [5.74, 6) is 0.125. The Labute approximate surface area is 54.4 Å². The topological polar surface area (TPSA) is 61.3 Å². The lowest BCUT2D eigenvalue weighted by Gasteiger charge is -1.98. The van der Waals surface area contributed by atoms with Gasteiger partial charge in [-0.25, -0.2) is 0 Å². The smallest absolute Gasteiger partial charge is 0.185 e. The van der Waals surface area contributed by atoms with Crippen molar-refractivity contribution in [2.45, 2.75) is 0 Å². The predicted octanol–water partition coefficient (Wildman–Crippen LogP) is 0.285. The van der Waals surface area contributed by atoms with Crippen molar-refractivity contribution in [3.05, 3.63) is 24.9 Å². The molecule has 8 heavy (non-hydrogen) atoms. The van der Waals surface area contributed by atoms with Gasteiger partial charge in [0.25, 0.3) is 0 Å². The second-order valence-electron chi connectivity index (χ2n) is 1.03. The quantitative estimate of drug-likeness (QED) is 0.537. The van der Waals surface area contributed by atoms with E-state index in [1.807, 2.05) is 0 Å². The Morgan fingerprint density at radius 1 is 1.12 bits per heavy atom. The van der Waals surface area contributed by atoms with E-state index in [0.29, 0.717) is 0 Å². The molecule has 4 N–H and O–H groups in total. The third-order valence-electron chi connectivity index (χ3n) is 0.262. The third-order valence-corrected chi connectivity index (χ3v) is 0.262. The second kappa shape index (κ2) is 4.33. The van der Waals surface area contributed by atoms with E-state index in [0.717, 1.165) is 0 Å². The summed E-state index contributed by atoms with van der Waals surface area (Å²) in [4.78, 5) is 0. The van der Waals surface area contributed by atoms with Crippen molar-refractivity contribution in [3.8, 4) is 0 Å². The van der Waals surface area contributed by atoms with E-state index in [9.17, 15) is 0 Å². The first-order chi connectivity index (χ1) is 3.13. The minimum atomic E-state index is 0. The Morgan fingerprint density at radius 2 is 1.38 bits per heavy atom. The van der Waals surface area contributed by atoms with Crippen LogP contribution in [-0.2, 0) is 4.74 Å². The highest BCUT2D eigenvalue weighted by atomic mass is 35.5. The Hall–Kier alpha value is -0.830. The molecule has 0 saturated heterocycles. The van der Waals surface area contributed by atoms with Crippen LogP contribution in [0.3, 0.4) is 0 Å². The van der Waals surface area contributed by atoms with E-state index in [-0.39, 0.29) is 24.2 Å². The monoisotopic (exact) mass is 136 g/mol. The standard InChI is InChI=1S/C4H8N2O.ClH/c1-3(5)7-4(2)6;/h1-2,5-6H2;1H. The Morgan fingerprint density at radius 3 is 1.38 bits per heavy atom. The molecule has 0 aliphatic carbocycles. The predicted molar refractivity (Wildman–Crippen MR) is 35.0 cm³/mol. The first kappa shape index (κ1) is 10.2. The zero-order valence-electron chi connectivity index (χ0n) is 4.39. The molecule has 0 aromatic heterocycles. The number of rotatable bonds is 2. The van der Waals surface area contributed by atoms with Crippen LogP contribution in [-0.4, -0.2) is 0 Å². The maximum absolute atomic E-state index is 4.94. The molecule has 0 radical (unpaired) electrons. The molecule has 0 atom stereocenters. The summed E-state index contributed by atoms with van der Waals surface area (Å²) in [6, 6.07) is 0. The maximum atomic E-state index is 4.94. The molecule has 0 aromatic carbocycles. The minimum absolute atomic E-state index is 0. The van der Waals surface area contributed by atoms with Gasteiger partial charge in [-0.15, -0.1) is 12.4 Å². The normalized spacial score (nSPS) is 6.50. The van der Waals surface area contributed by atoms with Gasteiger partial charge >= 0.3 is 0 Å². The molecule has 0 saturated carbocycles. The molecule has 0 fully saturated rings. The first-order valence-corrected chi connectivity index (χ1v) is 1.69. The minimum Gasteiger partial charge on any atom is -0.427 e. The average molecular weight is 137 g/mol. The largest absolute Gasteiger partial charge is 0.427 e. The molecule has 48 valence electrons. The lowest BCUT2D eigenvalue weighted by atomic mass is 10.9. The van der Waals surface area contributed by atoms with Gasteiger partial charge in [0.15, 0.2) is 11.8 Å². The number of hydrogen-bond acceptors (Lipinski definition) is 3. The van der Waals surface area contributed by atoms with Gasteiger partial charge < -0.3 is 16.2 Å². The van der Waals surface area contributed by atoms with Gasteiger partial charge in [-0.2, -0.15) is 0 Å². The lowest BCUT2D eigenvalue weighted by Crippen LogP contribution is -2.05. The summed E-state index contributed by atoms with van der Waals surface area (Å²) >= 11 is 0. The van der Waals surface area contributed by atoms with Crippen LogP contribution < -0.4 is 11.5 Å². The van der Waals surface area contributed by atoms with Crippen LogP contribution in [0.1, 0.15) is 0 Å². The Kier molecular flexibility index (Phi) is 5.53. The average Bonchev–Trinajstić information content (AvgIpc) is 1.27. The number of hydrogen-bond donors (Lipinski definition) is 2. The molecule has 0 aliphatic rings. The molecule has 0 rings (SSSR count). The van der Waals surface area contributed by atoms with Crippen molar-refractivity contribution < 1.29 is 4.74 Å². The van der Waals surface area contributed by atoms with Crippen molar-refractivity contribution in [1.29, 1.82) is 0 Å². The fourth-order valence-corrected chi connectivity index (χ4v) is 0.168. The summed E-state index contributed by atoms with van der Waals surface area (Å²) in [5, 5.41) is 0. The van der Waals surface area contributed by atoms with Crippen LogP contribution in [0.15, 0.2) is 24.9 Å². The van der Waals surface area contributed by atoms with Crippen LogP contribution in [0.2, 0.25) is 0 Å². The highest BCUT2D eigenvalue weighted by molar-refractivity contribution is 5.85. The molecule has 0 unspecified atom stereocenters. The molecular formula is C4H9ClN2O. The van der Waals surface area contributed by atoms with E-state index in [2.05, 4.69) is 17.9 Å². The van der Waals surface area contributed by atoms with Crippen LogP contribution in [0.25, 0.3) is 0 Å². The van der Waals surface area contributed by atoms with E-state index >= 15 is 0 Å². The molecule has 0 aromatic rings. The number of halogens is 1. The van der Waals surface area contributed by atoms with Crippen LogP contribution in [0.5, 0.6) is 0 Å². The molecule has 0 bridgehead atoms. The number of ether oxygens (including phenoxy) is 1.